The van der Waals surface area contributed by atoms with Crippen molar-refractivity contribution in [2.45, 2.75) is 110 Å². The number of carbonyl (C=O) groups is 1. The Morgan fingerprint density at radius 2 is 1.32 bits per heavy atom. The first-order valence-corrected chi connectivity index (χ1v) is 16.2. The van der Waals surface area contributed by atoms with Gasteiger partial charge < -0.3 is 14.0 Å². The lowest BCUT2D eigenvalue weighted by Gasteiger charge is -2.32. The molecule has 0 fully saturated rings. The Bertz CT molecular complexity index is 911. The van der Waals surface area contributed by atoms with Crippen LogP contribution in [-0.4, -0.2) is 44.3 Å². The molecule has 40 heavy (non-hydrogen) atoms. The van der Waals surface area contributed by atoms with E-state index >= 15 is 0 Å². The van der Waals surface area contributed by atoms with Gasteiger partial charge in [-0.1, -0.05) is 127 Å². The van der Waals surface area contributed by atoms with Gasteiger partial charge in [0.2, 0.25) is 0 Å². The summed E-state index contributed by atoms with van der Waals surface area (Å²) in [6.45, 7) is 6.99. The molecule has 224 valence electrons. The highest BCUT2D eigenvalue weighted by Gasteiger charge is 2.27. The van der Waals surface area contributed by atoms with E-state index in [1.807, 2.05) is 12.1 Å². The molecule has 0 saturated heterocycles. The van der Waals surface area contributed by atoms with E-state index in [1.165, 1.54) is 81.8 Å². The highest BCUT2D eigenvalue weighted by Crippen LogP contribution is 2.22. The third kappa shape index (κ3) is 14.9. The molecule has 0 saturated carbocycles. The molecule has 4 heteroatoms. The third-order valence-corrected chi connectivity index (χ3v) is 7.81. The predicted molar refractivity (Wildman–Crippen MR) is 169 cm³/mol. The smallest absolute Gasteiger partial charge is 0.314 e. The lowest BCUT2D eigenvalue weighted by molar-refractivity contribution is -0.906. The van der Waals surface area contributed by atoms with E-state index in [1.54, 1.807) is 0 Å². The summed E-state index contributed by atoms with van der Waals surface area (Å²) in [5, 5.41) is 0. The van der Waals surface area contributed by atoms with Gasteiger partial charge in [0, 0.05) is 12.0 Å². The van der Waals surface area contributed by atoms with E-state index in [0.717, 1.165) is 36.2 Å². The number of rotatable bonds is 23. The van der Waals surface area contributed by atoms with Crippen molar-refractivity contribution < 1.29 is 18.8 Å². The van der Waals surface area contributed by atoms with Crippen molar-refractivity contribution in [2.24, 2.45) is 5.92 Å². The molecule has 2 rings (SSSR count). The lowest BCUT2D eigenvalue weighted by Crippen LogP contribution is -2.44. The Kier molecular flexibility index (Phi) is 17.4. The molecule has 0 aliphatic carbocycles. The van der Waals surface area contributed by atoms with Gasteiger partial charge in [0.1, 0.15) is 18.2 Å². The van der Waals surface area contributed by atoms with Crippen molar-refractivity contribution in [3.8, 4) is 5.75 Å². The molecule has 2 aromatic carbocycles. The first-order chi connectivity index (χ1) is 19.4. The zero-order valence-electron chi connectivity index (χ0n) is 26.2. The predicted octanol–water partition coefficient (Wildman–Crippen LogP) is 9.16. The van der Waals surface area contributed by atoms with Crippen LogP contribution in [0.3, 0.4) is 0 Å². The maximum absolute atomic E-state index is 12.8. The van der Waals surface area contributed by atoms with Gasteiger partial charge in [-0.3, -0.25) is 4.79 Å². The molecule has 0 aliphatic heterocycles. The average Bonchev–Trinajstić information content (AvgIpc) is 2.95. The molecule has 2 aromatic rings. The summed E-state index contributed by atoms with van der Waals surface area (Å²) in [5.41, 5.74) is 2.58. The Hall–Kier alpha value is -2.33. The Labute approximate surface area is 246 Å². The molecule has 0 amide bonds. The minimum absolute atomic E-state index is 0.0846. The molecular formula is C36H58NO3+. The quantitative estimate of drug-likeness (QED) is 0.0783. The van der Waals surface area contributed by atoms with Gasteiger partial charge in [-0.15, -0.1) is 0 Å². The largest absolute Gasteiger partial charge is 0.493 e. The van der Waals surface area contributed by atoms with Gasteiger partial charge in [-0.25, -0.2) is 0 Å². The number of hydrogen-bond acceptors (Lipinski definition) is 3. The normalized spacial score (nSPS) is 12.3. The Balaban J connectivity index is 1.60. The van der Waals surface area contributed by atoms with E-state index in [9.17, 15) is 4.79 Å². The minimum atomic E-state index is -0.0915. The number of nitrogens with zero attached hydrogens (tertiary/aromatic N) is 1. The number of esters is 1. The monoisotopic (exact) mass is 552 g/mol. The van der Waals surface area contributed by atoms with Gasteiger partial charge in [0.05, 0.1) is 33.9 Å². The SMILES string of the molecule is CCCCCCCCCCCCCc1ccccc1OCCCOC(=O)C(CC)C[N+](C)(C)Cc1ccccc1. The molecule has 0 radical (unpaired) electrons. The zero-order chi connectivity index (χ0) is 28.9. The summed E-state index contributed by atoms with van der Waals surface area (Å²) in [7, 11) is 4.37. The van der Waals surface area contributed by atoms with E-state index in [0.29, 0.717) is 19.6 Å². The fourth-order valence-electron chi connectivity index (χ4n) is 5.47. The maximum atomic E-state index is 12.8. The second kappa shape index (κ2) is 20.5. The summed E-state index contributed by atoms with van der Waals surface area (Å²) >= 11 is 0. The Morgan fingerprint density at radius 1 is 0.725 bits per heavy atom. The summed E-state index contributed by atoms with van der Waals surface area (Å²) in [6.07, 6.45) is 17.5. The second-order valence-corrected chi connectivity index (χ2v) is 12.1. The van der Waals surface area contributed by atoms with Gasteiger partial charge in [-0.2, -0.15) is 0 Å². The number of aryl methyl sites for hydroxylation is 1. The van der Waals surface area contributed by atoms with Gasteiger partial charge in [-0.05, 0) is 30.9 Å². The molecule has 0 bridgehead atoms. The molecule has 1 atom stereocenters. The number of carbonyl (C=O) groups excluding carboxylic acids is 1. The van der Waals surface area contributed by atoms with Crippen molar-refractivity contribution in [3.63, 3.8) is 0 Å². The highest BCUT2D eigenvalue weighted by molar-refractivity contribution is 5.72. The molecule has 0 aliphatic rings. The van der Waals surface area contributed by atoms with Crippen LogP contribution in [0, 0.1) is 5.92 Å². The average molecular weight is 553 g/mol. The lowest BCUT2D eigenvalue weighted by atomic mass is 10.0. The number of ether oxygens (including phenoxy) is 2. The molecule has 0 aromatic heterocycles. The van der Waals surface area contributed by atoms with Crippen molar-refractivity contribution >= 4 is 5.97 Å². The van der Waals surface area contributed by atoms with Crippen molar-refractivity contribution in [1.82, 2.24) is 0 Å². The number of quaternary nitrogens is 1. The van der Waals surface area contributed by atoms with Crippen LogP contribution in [0.1, 0.15) is 108 Å². The van der Waals surface area contributed by atoms with Crippen LogP contribution in [-0.2, 0) is 22.5 Å². The van der Waals surface area contributed by atoms with E-state index in [2.05, 4.69) is 70.4 Å². The van der Waals surface area contributed by atoms with Crippen LogP contribution in [0.2, 0.25) is 0 Å². The first kappa shape index (κ1) is 33.9. The number of unbranched alkanes of at least 4 members (excludes halogenated alkanes) is 10. The summed E-state index contributed by atoms with van der Waals surface area (Å²) < 4.78 is 12.5. The summed E-state index contributed by atoms with van der Waals surface area (Å²) in [4.78, 5) is 12.8. The minimum Gasteiger partial charge on any atom is -0.493 e. The molecule has 4 nitrogen and oxygen atoms in total. The molecule has 0 N–H and O–H groups in total. The highest BCUT2D eigenvalue weighted by atomic mass is 16.5. The van der Waals surface area contributed by atoms with Crippen molar-refractivity contribution in [3.05, 3.63) is 65.7 Å². The maximum Gasteiger partial charge on any atom is 0.314 e. The number of para-hydroxylation sites is 1. The van der Waals surface area contributed by atoms with Gasteiger partial charge >= 0.3 is 5.97 Å². The van der Waals surface area contributed by atoms with Crippen LogP contribution in [0.25, 0.3) is 0 Å². The van der Waals surface area contributed by atoms with Crippen molar-refractivity contribution in [1.29, 1.82) is 0 Å². The fourth-order valence-corrected chi connectivity index (χ4v) is 5.47. The summed E-state index contributed by atoms with van der Waals surface area (Å²) in [6, 6.07) is 18.9. The van der Waals surface area contributed by atoms with Crippen LogP contribution in [0.4, 0.5) is 0 Å². The van der Waals surface area contributed by atoms with Crippen molar-refractivity contribution in [2.75, 3.05) is 33.9 Å². The van der Waals surface area contributed by atoms with E-state index < -0.39 is 0 Å². The van der Waals surface area contributed by atoms with Gasteiger partial charge in [0.25, 0.3) is 0 Å². The molecule has 1 unspecified atom stereocenters. The fraction of sp³-hybridized carbons (Fsp3) is 0.639. The van der Waals surface area contributed by atoms with Crippen LogP contribution in [0.15, 0.2) is 54.6 Å². The van der Waals surface area contributed by atoms with E-state index in [4.69, 9.17) is 9.47 Å². The summed E-state index contributed by atoms with van der Waals surface area (Å²) in [5.74, 6) is 0.803. The number of hydrogen-bond donors (Lipinski definition) is 0. The second-order valence-electron chi connectivity index (χ2n) is 12.1. The molecule has 0 spiro atoms. The first-order valence-electron chi connectivity index (χ1n) is 16.2. The van der Waals surface area contributed by atoms with Crippen LogP contribution >= 0.6 is 0 Å². The molecular weight excluding hydrogens is 494 g/mol. The van der Waals surface area contributed by atoms with Crippen LogP contribution in [0.5, 0.6) is 5.75 Å². The standard InChI is InChI=1S/C36H58NO3/c1-5-7-8-9-10-11-12-13-14-15-19-25-34-26-20-21-27-35(34)39-28-22-29-40-36(38)33(6-2)31-37(3,4)30-32-23-17-16-18-24-32/h16-18,20-21,23-24,26-27,33H,5-15,19,22,25,28-31H2,1-4H3/q+1. The van der Waals surface area contributed by atoms with Gasteiger partial charge in [0.15, 0.2) is 0 Å². The molecule has 0 heterocycles. The third-order valence-electron chi connectivity index (χ3n) is 7.81. The van der Waals surface area contributed by atoms with E-state index in [-0.39, 0.29) is 11.9 Å². The number of benzene rings is 2. The Morgan fingerprint density at radius 3 is 1.98 bits per heavy atom. The van der Waals surface area contributed by atoms with Crippen LogP contribution < -0.4 is 4.74 Å². The zero-order valence-corrected chi connectivity index (χ0v) is 26.2. The topological polar surface area (TPSA) is 35.5 Å².